The fraction of sp³-hybridized carbons (Fsp3) is 0.538. The van der Waals surface area contributed by atoms with Crippen LogP contribution in [0, 0.1) is 0 Å². The Labute approximate surface area is 107 Å². The number of carbonyl (C=O) groups excluding carboxylic acids is 1. The van der Waals surface area contributed by atoms with E-state index in [1.165, 1.54) is 19.3 Å². The maximum atomic E-state index is 12.4. The number of nitrogens with two attached hydrogens (primary N) is 1. The van der Waals surface area contributed by atoms with Crippen LogP contribution in [0.15, 0.2) is 18.3 Å². The molecule has 1 aliphatic rings. The van der Waals surface area contributed by atoms with E-state index in [0.717, 1.165) is 25.9 Å². The van der Waals surface area contributed by atoms with Gasteiger partial charge in [-0.05, 0) is 25.0 Å². The Morgan fingerprint density at radius 3 is 2.56 bits per heavy atom. The lowest BCUT2D eigenvalue weighted by Crippen LogP contribution is -2.33. The Kier molecular flexibility index (Phi) is 4.52. The van der Waals surface area contributed by atoms with Crippen molar-refractivity contribution in [3.8, 4) is 0 Å². The van der Waals surface area contributed by atoms with Gasteiger partial charge in [0.1, 0.15) is 5.82 Å². The Bertz CT molecular complexity index is 400. The van der Waals surface area contributed by atoms with E-state index in [2.05, 4.69) is 10.4 Å². The van der Waals surface area contributed by atoms with Crippen LogP contribution in [0.4, 0.5) is 5.82 Å². The van der Waals surface area contributed by atoms with Crippen molar-refractivity contribution in [2.75, 3.05) is 18.5 Å². The van der Waals surface area contributed by atoms with E-state index in [-0.39, 0.29) is 5.91 Å². The smallest absolute Gasteiger partial charge is 0.254 e. The van der Waals surface area contributed by atoms with Crippen molar-refractivity contribution in [2.45, 2.75) is 32.1 Å². The topological polar surface area (TPSA) is 71.2 Å². The average molecular weight is 248 g/mol. The molecule has 1 fully saturated rings. The van der Waals surface area contributed by atoms with E-state index in [9.17, 15) is 4.79 Å². The van der Waals surface area contributed by atoms with E-state index in [1.807, 2.05) is 4.90 Å². The van der Waals surface area contributed by atoms with Gasteiger partial charge in [-0.2, -0.15) is 0 Å². The van der Waals surface area contributed by atoms with Crippen molar-refractivity contribution in [2.24, 2.45) is 5.84 Å². The highest BCUT2D eigenvalue weighted by molar-refractivity contribution is 5.94. The molecule has 3 N–H and O–H groups in total. The lowest BCUT2D eigenvalue weighted by atomic mass is 10.1. The van der Waals surface area contributed by atoms with Gasteiger partial charge in [0.05, 0.1) is 0 Å². The minimum atomic E-state index is 0.0794. The van der Waals surface area contributed by atoms with Crippen LogP contribution in [-0.2, 0) is 0 Å². The fourth-order valence-corrected chi connectivity index (χ4v) is 2.28. The third-order valence-corrected chi connectivity index (χ3v) is 3.30. The van der Waals surface area contributed by atoms with E-state index in [1.54, 1.807) is 18.3 Å². The third kappa shape index (κ3) is 3.20. The largest absolute Gasteiger partial charge is 0.339 e. The summed E-state index contributed by atoms with van der Waals surface area (Å²) in [5.41, 5.74) is 3.12. The molecule has 1 aromatic heterocycles. The Hall–Kier alpha value is -1.62. The summed E-state index contributed by atoms with van der Waals surface area (Å²) in [5, 5.41) is 0. The summed E-state index contributed by atoms with van der Waals surface area (Å²) in [6.07, 6.45) is 7.52. The number of hydrogen-bond donors (Lipinski definition) is 2. The number of carbonyl (C=O) groups is 1. The van der Waals surface area contributed by atoms with Crippen LogP contribution in [-0.4, -0.2) is 28.9 Å². The lowest BCUT2D eigenvalue weighted by molar-refractivity contribution is 0.0742. The number of nitrogen functional groups attached to an aromatic ring is 1. The van der Waals surface area contributed by atoms with Crippen molar-refractivity contribution in [3.05, 3.63) is 23.9 Å². The van der Waals surface area contributed by atoms with Gasteiger partial charge in [0.2, 0.25) is 0 Å². The van der Waals surface area contributed by atoms with Crippen LogP contribution >= 0.6 is 0 Å². The van der Waals surface area contributed by atoms with Crippen molar-refractivity contribution >= 4 is 11.7 Å². The van der Waals surface area contributed by atoms with Gasteiger partial charge in [-0.25, -0.2) is 10.8 Å². The number of hydrogen-bond acceptors (Lipinski definition) is 4. The van der Waals surface area contributed by atoms with Crippen LogP contribution in [0.2, 0.25) is 0 Å². The van der Waals surface area contributed by atoms with Gasteiger partial charge in [0.25, 0.3) is 5.91 Å². The second kappa shape index (κ2) is 6.35. The molecule has 5 nitrogen and oxygen atoms in total. The summed E-state index contributed by atoms with van der Waals surface area (Å²) in [5.74, 6) is 5.91. The molecule has 1 saturated heterocycles. The quantitative estimate of drug-likeness (QED) is 0.618. The minimum Gasteiger partial charge on any atom is -0.339 e. The zero-order valence-corrected chi connectivity index (χ0v) is 10.6. The lowest BCUT2D eigenvalue weighted by Gasteiger charge is -2.24. The van der Waals surface area contributed by atoms with Gasteiger partial charge >= 0.3 is 0 Å². The molecule has 0 radical (unpaired) electrons. The highest BCUT2D eigenvalue weighted by atomic mass is 16.2. The number of nitrogens with zero attached hydrogens (tertiary/aromatic N) is 2. The molecular formula is C13H20N4O. The molecule has 0 atom stereocenters. The summed E-state index contributed by atoms with van der Waals surface area (Å²) in [6, 6.07) is 3.43. The van der Waals surface area contributed by atoms with E-state index in [0.29, 0.717) is 11.4 Å². The first kappa shape index (κ1) is 12.8. The van der Waals surface area contributed by atoms with E-state index in [4.69, 9.17) is 5.84 Å². The van der Waals surface area contributed by atoms with Crippen LogP contribution in [0.1, 0.15) is 42.5 Å². The normalized spacial score (nSPS) is 16.8. The van der Waals surface area contributed by atoms with Gasteiger partial charge < -0.3 is 10.3 Å². The van der Waals surface area contributed by atoms with Crippen molar-refractivity contribution < 1.29 is 4.79 Å². The molecule has 2 rings (SSSR count). The molecule has 0 saturated carbocycles. The fourth-order valence-electron chi connectivity index (χ4n) is 2.28. The maximum Gasteiger partial charge on any atom is 0.254 e. The standard InChI is InChI=1S/C13H20N4O/c14-16-12-10-11(6-7-15-12)13(18)17-8-4-2-1-3-5-9-17/h6-7,10H,1-5,8-9,14H2,(H,15,16). The zero-order chi connectivity index (χ0) is 12.8. The van der Waals surface area contributed by atoms with Crippen molar-refractivity contribution in [3.63, 3.8) is 0 Å². The Balaban J connectivity index is 2.08. The summed E-state index contributed by atoms with van der Waals surface area (Å²) >= 11 is 0. The van der Waals surface area contributed by atoms with Crippen molar-refractivity contribution in [1.29, 1.82) is 0 Å². The summed E-state index contributed by atoms with van der Waals surface area (Å²) in [4.78, 5) is 18.3. The number of likely N-dealkylation sites (tertiary alicyclic amines) is 1. The van der Waals surface area contributed by atoms with Gasteiger partial charge in [-0.3, -0.25) is 4.79 Å². The molecule has 0 aliphatic carbocycles. The predicted molar refractivity (Wildman–Crippen MR) is 71.0 cm³/mol. The molecular weight excluding hydrogens is 228 g/mol. The molecule has 5 heteroatoms. The number of rotatable bonds is 2. The molecule has 0 spiro atoms. The van der Waals surface area contributed by atoms with Crippen LogP contribution < -0.4 is 11.3 Å². The third-order valence-electron chi connectivity index (χ3n) is 3.30. The molecule has 0 bridgehead atoms. The van der Waals surface area contributed by atoms with Crippen LogP contribution in [0.5, 0.6) is 0 Å². The average Bonchev–Trinajstić information content (AvgIpc) is 2.38. The second-order valence-corrected chi connectivity index (χ2v) is 4.63. The first-order chi connectivity index (χ1) is 8.81. The molecule has 98 valence electrons. The first-order valence-electron chi connectivity index (χ1n) is 6.53. The second-order valence-electron chi connectivity index (χ2n) is 4.63. The van der Waals surface area contributed by atoms with E-state index >= 15 is 0 Å². The van der Waals surface area contributed by atoms with Gasteiger partial charge in [-0.1, -0.05) is 19.3 Å². The molecule has 2 heterocycles. The number of nitrogens with one attached hydrogen (secondary N) is 1. The maximum absolute atomic E-state index is 12.4. The monoisotopic (exact) mass is 248 g/mol. The molecule has 18 heavy (non-hydrogen) atoms. The van der Waals surface area contributed by atoms with Crippen molar-refractivity contribution in [1.82, 2.24) is 9.88 Å². The molecule has 0 unspecified atom stereocenters. The highest BCUT2D eigenvalue weighted by Gasteiger charge is 2.16. The first-order valence-corrected chi connectivity index (χ1v) is 6.53. The summed E-state index contributed by atoms with van der Waals surface area (Å²) < 4.78 is 0. The summed E-state index contributed by atoms with van der Waals surface area (Å²) in [6.45, 7) is 1.71. The Morgan fingerprint density at radius 1 is 1.22 bits per heavy atom. The number of anilines is 1. The SMILES string of the molecule is NNc1cc(C(=O)N2CCCCCCC2)ccn1. The molecule has 0 aromatic carbocycles. The Morgan fingerprint density at radius 2 is 1.89 bits per heavy atom. The number of hydrazine groups is 1. The number of aromatic nitrogens is 1. The van der Waals surface area contributed by atoms with Gasteiger partial charge in [0.15, 0.2) is 0 Å². The zero-order valence-electron chi connectivity index (χ0n) is 10.6. The van der Waals surface area contributed by atoms with E-state index < -0.39 is 0 Å². The van der Waals surface area contributed by atoms with Crippen LogP contribution in [0.25, 0.3) is 0 Å². The van der Waals surface area contributed by atoms with Gasteiger partial charge in [-0.15, -0.1) is 0 Å². The molecule has 1 aliphatic heterocycles. The van der Waals surface area contributed by atoms with Gasteiger partial charge in [0, 0.05) is 24.8 Å². The number of pyridine rings is 1. The minimum absolute atomic E-state index is 0.0794. The van der Waals surface area contributed by atoms with Crippen LogP contribution in [0.3, 0.4) is 0 Å². The molecule has 1 amide bonds. The molecule has 1 aromatic rings. The summed E-state index contributed by atoms with van der Waals surface area (Å²) in [7, 11) is 0. The highest BCUT2D eigenvalue weighted by Crippen LogP contribution is 2.14. The predicted octanol–water partition coefficient (Wildman–Crippen LogP) is 1.77. The number of amides is 1.